The lowest BCUT2D eigenvalue weighted by Crippen LogP contribution is -2.28. The summed E-state index contributed by atoms with van der Waals surface area (Å²) < 4.78 is 27.2. The van der Waals surface area contributed by atoms with E-state index in [1.807, 2.05) is 0 Å². The van der Waals surface area contributed by atoms with Crippen LogP contribution in [0.3, 0.4) is 0 Å². The summed E-state index contributed by atoms with van der Waals surface area (Å²) in [6, 6.07) is 10.5. The first-order chi connectivity index (χ1) is 9.58. The van der Waals surface area contributed by atoms with E-state index in [0.717, 1.165) is 5.56 Å². The van der Waals surface area contributed by atoms with Gasteiger partial charge < -0.3 is 11.1 Å². The summed E-state index contributed by atoms with van der Waals surface area (Å²) in [7, 11) is 0. The third kappa shape index (κ3) is 3.39. The Morgan fingerprint density at radius 2 is 1.65 bits per heavy atom. The van der Waals surface area contributed by atoms with Crippen molar-refractivity contribution in [2.24, 2.45) is 5.73 Å². The molecule has 3 nitrogen and oxygen atoms in total. The summed E-state index contributed by atoms with van der Waals surface area (Å²) in [6.45, 7) is 0.548. The molecule has 0 atom stereocenters. The minimum absolute atomic E-state index is 0.0378. The fraction of sp³-hybridized carbons (Fsp3) is 0.133. The maximum atomic E-state index is 13.6. The number of nitrogens with one attached hydrogen (secondary N) is 1. The SMILES string of the molecule is NC(=O)CNCc1ccc(-c2c(F)cccc2F)cc1. The zero-order valence-electron chi connectivity index (χ0n) is 10.7. The van der Waals surface area contributed by atoms with Gasteiger partial charge in [-0.3, -0.25) is 4.79 Å². The largest absolute Gasteiger partial charge is 0.369 e. The minimum Gasteiger partial charge on any atom is -0.369 e. The molecule has 3 N–H and O–H groups in total. The first-order valence-electron chi connectivity index (χ1n) is 6.10. The molecule has 0 saturated carbocycles. The van der Waals surface area contributed by atoms with E-state index in [1.165, 1.54) is 18.2 Å². The summed E-state index contributed by atoms with van der Waals surface area (Å²) in [5.74, 6) is -1.62. The Bertz CT molecular complexity index is 592. The summed E-state index contributed by atoms with van der Waals surface area (Å²) in [5.41, 5.74) is 6.33. The second kappa shape index (κ2) is 6.25. The van der Waals surface area contributed by atoms with Gasteiger partial charge in [0.25, 0.3) is 0 Å². The summed E-state index contributed by atoms with van der Waals surface area (Å²) >= 11 is 0. The van der Waals surface area contributed by atoms with Crippen molar-refractivity contribution in [2.45, 2.75) is 6.54 Å². The highest BCUT2D eigenvalue weighted by Gasteiger charge is 2.10. The molecule has 0 aliphatic carbocycles. The molecule has 2 rings (SSSR count). The van der Waals surface area contributed by atoms with E-state index in [9.17, 15) is 13.6 Å². The Hall–Kier alpha value is -2.27. The van der Waals surface area contributed by atoms with Crippen molar-refractivity contribution in [3.63, 3.8) is 0 Å². The molecule has 0 spiro atoms. The summed E-state index contributed by atoms with van der Waals surface area (Å²) in [5, 5.41) is 2.86. The molecule has 0 saturated heterocycles. The Balaban J connectivity index is 2.14. The van der Waals surface area contributed by atoms with Crippen molar-refractivity contribution in [3.05, 3.63) is 59.7 Å². The van der Waals surface area contributed by atoms with Gasteiger partial charge in [-0.25, -0.2) is 8.78 Å². The van der Waals surface area contributed by atoms with Gasteiger partial charge in [0.2, 0.25) is 5.91 Å². The van der Waals surface area contributed by atoms with Crippen LogP contribution < -0.4 is 11.1 Å². The maximum Gasteiger partial charge on any atom is 0.231 e. The zero-order chi connectivity index (χ0) is 14.5. The molecule has 104 valence electrons. The van der Waals surface area contributed by atoms with E-state index < -0.39 is 17.5 Å². The van der Waals surface area contributed by atoms with Gasteiger partial charge in [0.1, 0.15) is 11.6 Å². The number of nitrogens with two attached hydrogens (primary N) is 1. The number of rotatable bonds is 5. The Labute approximate surface area is 115 Å². The van der Waals surface area contributed by atoms with Crippen molar-refractivity contribution >= 4 is 5.91 Å². The lowest BCUT2D eigenvalue weighted by atomic mass is 10.0. The average Bonchev–Trinajstić information content (AvgIpc) is 2.40. The number of benzene rings is 2. The normalized spacial score (nSPS) is 10.5. The highest BCUT2D eigenvalue weighted by atomic mass is 19.1. The Morgan fingerprint density at radius 1 is 1.05 bits per heavy atom. The molecule has 5 heteroatoms. The van der Waals surface area contributed by atoms with Crippen molar-refractivity contribution in [1.29, 1.82) is 0 Å². The van der Waals surface area contributed by atoms with E-state index in [0.29, 0.717) is 12.1 Å². The number of halogens is 2. The zero-order valence-corrected chi connectivity index (χ0v) is 10.7. The third-order valence-corrected chi connectivity index (χ3v) is 2.83. The predicted molar refractivity (Wildman–Crippen MR) is 72.7 cm³/mol. The fourth-order valence-corrected chi connectivity index (χ4v) is 1.89. The van der Waals surface area contributed by atoms with Crippen LogP contribution in [0.4, 0.5) is 8.78 Å². The van der Waals surface area contributed by atoms with E-state index in [4.69, 9.17) is 5.73 Å². The molecule has 2 aromatic rings. The monoisotopic (exact) mass is 276 g/mol. The number of carbonyl (C=O) groups excluding carboxylic acids is 1. The van der Waals surface area contributed by atoms with E-state index in [2.05, 4.69) is 5.32 Å². The first-order valence-corrected chi connectivity index (χ1v) is 6.10. The molecule has 0 aliphatic rings. The van der Waals surface area contributed by atoms with Crippen LogP contribution in [0, 0.1) is 11.6 Å². The van der Waals surface area contributed by atoms with Crippen LogP contribution in [0.25, 0.3) is 11.1 Å². The van der Waals surface area contributed by atoms with Gasteiger partial charge in [0, 0.05) is 6.54 Å². The molecule has 0 bridgehead atoms. The molecule has 0 aliphatic heterocycles. The van der Waals surface area contributed by atoms with Gasteiger partial charge in [-0.05, 0) is 23.3 Å². The van der Waals surface area contributed by atoms with Crippen molar-refractivity contribution in [3.8, 4) is 11.1 Å². The van der Waals surface area contributed by atoms with E-state index in [1.54, 1.807) is 24.3 Å². The molecule has 1 amide bonds. The molecular formula is C15H14F2N2O. The average molecular weight is 276 g/mol. The number of hydrogen-bond donors (Lipinski definition) is 2. The van der Waals surface area contributed by atoms with Crippen molar-refractivity contribution < 1.29 is 13.6 Å². The molecule has 20 heavy (non-hydrogen) atoms. The predicted octanol–water partition coefficient (Wildman–Crippen LogP) is 2.21. The van der Waals surface area contributed by atoms with Gasteiger partial charge in [-0.2, -0.15) is 0 Å². The maximum absolute atomic E-state index is 13.6. The summed E-state index contributed by atoms with van der Waals surface area (Å²) in [6.07, 6.45) is 0. The van der Waals surface area contributed by atoms with Crippen LogP contribution >= 0.6 is 0 Å². The number of amides is 1. The Kier molecular flexibility index (Phi) is 4.42. The van der Waals surface area contributed by atoms with Crippen LogP contribution in [0.2, 0.25) is 0 Å². The lowest BCUT2D eigenvalue weighted by molar-refractivity contribution is -0.117. The minimum atomic E-state index is -0.593. The first kappa shape index (κ1) is 14.1. The Morgan fingerprint density at radius 3 is 2.20 bits per heavy atom. The van der Waals surface area contributed by atoms with Gasteiger partial charge >= 0.3 is 0 Å². The second-order valence-electron chi connectivity index (χ2n) is 4.36. The van der Waals surface area contributed by atoms with E-state index >= 15 is 0 Å². The van der Waals surface area contributed by atoms with Gasteiger partial charge in [-0.15, -0.1) is 0 Å². The fourth-order valence-electron chi connectivity index (χ4n) is 1.89. The molecule has 0 aromatic heterocycles. The highest BCUT2D eigenvalue weighted by molar-refractivity contribution is 5.75. The number of primary amides is 1. The summed E-state index contributed by atoms with van der Waals surface area (Å²) in [4.78, 5) is 10.6. The van der Waals surface area contributed by atoms with Crippen LogP contribution in [0.5, 0.6) is 0 Å². The van der Waals surface area contributed by atoms with Crippen LogP contribution in [0.1, 0.15) is 5.56 Å². The van der Waals surface area contributed by atoms with Crippen molar-refractivity contribution in [2.75, 3.05) is 6.54 Å². The highest BCUT2D eigenvalue weighted by Crippen LogP contribution is 2.25. The number of hydrogen-bond acceptors (Lipinski definition) is 2. The van der Waals surface area contributed by atoms with Crippen LogP contribution in [0.15, 0.2) is 42.5 Å². The molecule has 0 heterocycles. The molecular weight excluding hydrogens is 262 g/mol. The molecule has 0 fully saturated rings. The molecule has 2 aromatic carbocycles. The quantitative estimate of drug-likeness (QED) is 0.879. The lowest BCUT2D eigenvalue weighted by Gasteiger charge is -2.07. The van der Waals surface area contributed by atoms with Gasteiger partial charge in [-0.1, -0.05) is 30.3 Å². The van der Waals surface area contributed by atoms with Gasteiger partial charge in [0.05, 0.1) is 12.1 Å². The van der Waals surface area contributed by atoms with Crippen molar-refractivity contribution in [1.82, 2.24) is 5.32 Å². The van der Waals surface area contributed by atoms with Gasteiger partial charge in [0.15, 0.2) is 0 Å². The smallest absolute Gasteiger partial charge is 0.231 e. The molecule has 0 radical (unpaired) electrons. The second-order valence-corrected chi connectivity index (χ2v) is 4.36. The van der Waals surface area contributed by atoms with E-state index in [-0.39, 0.29) is 12.1 Å². The molecule has 0 unspecified atom stereocenters. The third-order valence-electron chi connectivity index (χ3n) is 2.83. The van der Waals surface area contributed by atoms with Crippen LogP contribution in [-0.4, -0.2) is 12.5 Å². The standard InChI is InChI=1S/C15H14F2N2O/c16-12-2-1-3-13(17)15(12)11-6-4-10(5-7-11)8-19-9-14(18)20/h1-7,19H,8-9H2,(H2,18,20). The topological polar surface area (TPSA) is 55.1 Å². The number of carbonyl (C=O) groups is 1. The van der Waals surface area contributed by atoms with Crippen LogP contribution in [-0.2, 0) is 11.3 Å².